The highest BCUT2D eigenvalue weighted by Crippen LogP contribution is 2.31. The molecule has 0 unspecified atom stereocenters. The SMILES string of the molecule is CCN(C)CCc1cn(SOCC(C)(C)C(=O)OC2CCOCC2)c2cc(OC)ccc12. The predicted octanol–water partition coefficient (Wildman–Crippen LogP) is 4.32. The molecule has 0 spiro atoms. The maximum atomic E-state index is 12.7. The molecule has 7 nitrogen and oxygen atoms in total. The fraction of sp³-hybridized carbons (Fsp3) is 0.625. The second kappa shape index (κ2) is 11.4. The lowest BCUT2D eigenvalue weighted by molar-refractivity contribution is -0.165. The molecule has 1 aliphatic heterocycles. The van der Waals surface area contributed by atoms with E-state index in [2.05, 4.69) is 31.1 Å². The molecule has 2 heterocycles. The van der Waals surface area contributed by atoms with Crippen LogP contribution in [0.15, 0.2) is 24.4 Å². The number of carbonyl (C=O) groups excluding carboxylic acids is 1. The van der Waals surface area contributed by atoms with Crippen LogP contribution in [0.4, 0.5) is 0 Å². The summed E-state index contributed by atoms with van der Waals surface area (Å²) >= 11 is 1.24. The van der Waals surface area contributed by atoms with Gasteiger partial charge in [0.2, 0.25) is 0 Å². The molecule has 0 N–H and O–H groups in total. The molecule has 1 fully saturated rings. The number of ether oxygens (including phenoxy) is 3. The number of aromatic nitrogens is 1. The van der Waals surface area contributed by atoms with Crippen LogP contribution >= 0.6 is 12.2 Å². The molecule has 0 radical (unpaired) electrons. The van der Waals surface area contributed by atoms with Gasteiger partial charge in [0.05, 0.1) is 37.9 Å². The Hall–Kier alpha value is -1.74. The molecule has 8 heteroatoms. The fourth-order valence-corrected chi connectivity index (χ4v) is 4.36. The standard InChI is InChI=1S/C24H36N2O5S/c1-6-25(4)12-9-18-16-26(22-15-20(28-5)7-8-21(18)22)32-30-17-24(2,3)23(27)31-19-10-13-29-14-11-19/h7-8,15-16,19H,6,9-14,17H2,1-5H3. The number of esters is 1. The Morgan fingerprint density at radius 2 is 2.06 bits per heavy atom. The summed E-state index contributed by atoms with van der Waals surface area (Å²) in [5, 5.41) is 1.18. The molecule has 1 aromatic carbocycles. The van der Waals surface area contributed by atoms with Crippen LogP contribution in [0.5, 0.6) is 5.75 Å². The zero-order valence-electron chi connectivity index (χ0n) is 19.9. The smallest absolute Gasteiger partial charge is 0.314 e. The lowest BCUT2D eigenvalue weighted by Gasteiger charge is -2.27. The van der Waals surface area contributed by atoms with Gasteiger partial charge in [0.25, 0.3) is 0 Å². The number of benzene rings is 1. The molecule has 32 heavy (non-hydrogen) atoms. The second-order valence-corrected chi connectivity index (χ2v) is 9.72. The van der Waals surface area contributed by atoms with Gasteiger partial charge >= 0.3 is 5.97 Å². The highest BCUT2D eigenvalue weighted by Gasteiger charge is 2.33. The third kappa shape index (κ3) is 6.41. The first-order valence-electron chi connectivity index (χ1n) is 11.3. The van der Waals surface area contributed by atoms with Gasteiger partial charge in [0.1, 0.15) is 24.1 Å². The minimum absolute atomic E-state index is 0.0622. The Bertz CT molecular complexity index is 892. The van der Waals surface area contributed by atoms with E-state index >= 15 is 0 Å². The highest BCUT2D eigenvalue weighted by atomic mass is 32.2. The first-order chi connectivity index (χ1) is 15.3. The Kier molecular flexibility index (Phi) is 8.87. The van der Waals surface area contributed by atoms with Crippen LogP contribution in [-0.4, -0.2) is 68.0 Å². The molecule has 1 aromatic heterocycles. The Morgan fingerprint density at radius 1 is 1.31 bits per heavy atom. The van der Waals surface area contributed by atoms with Crippen LogP contribution < -0.4 is 4.74 Å². The van der Waals surface area contributed by atoms with E-state index in [1.54, 1.807) is 7.11 Å². The van der Waals surface area contributed by atoms with Crippen LogP contribution in [-0.2, 0) is 24.9 Å². The van der Waals surface area contributed by atoms with E-state index in [0.29, 0.717) is 13.2 Å². The average molecular weight is 465 g/mol. The normalized spacial score (nSPS) is 15.4. The summed E-state index contributed by atoms with van der Waals surface area (Å²) in [5.41, 5.74) is 1.56. The maximum absolute atomic E-state index is 12.7. The van der Waals surface area contributed by atoms with E-state index in [1.165, 1.54) is 23.2 Å². The van der Waals surface area contributed by atoms with Gasteiger partial charge in [-0.05, 0) is 51.6 Å². The van der Waals surface area contributed by atoms with Crippen LogP contribution in [0.1, 0.15) is 39.2 Å². The van der Waals surface area contributed by atoms with Gasteiger partial charge in [-0.2, -0.15) is 0 Å². The van der Waals surface area contributed by atoms with E-state index < -0.39 is 5.41 Å². The molecule has 178 valence electrons. The van der Waals surface area contributed by atoms with E-state index in [9.17, 15) is 4.79 Å². The van der Waals surface area contributed by atoms with Crippen LogP contribution in [0.3, 0.4) is 0 Å². The van der Waals surface area contributed by atoms with Crippen LogP contribution in [0, 0.1) is 5.41 Å². The highest BCUT2D eigenvalue weighted by molar-refractivity contribution is 7.93. The van der Waals surface area contributed by atoms with Crippen molar-refractivity contribution in [1.29, 1.82) is 0 Å². The minimum Gasteiger partial charge on any atom is -0.497 e. The van der Waals surface area contributed by atoms with E-state index in [4.69, 9.17) is 18.4 Å². The second-order valence-electron chi connectivity index (χ2n) is 8.95. The molecule has 0 amide bonds. The van der Waals surface area contributed by atoms with Gasteiger partial charge in [0, 0.05) is 37.0 Å². The number of likely N-dealkylation sites (N-methyl/N-ethyl adjacent to an activating group) is 1. The molecular formula is C24H36N2O5S. The third-order valence-electron chi connectivity index (χ3n) is 5.91. The van der Waals surface area contributed by atoms with Gasteiger partial charge in [0.15, 0.2) is 0 Å². The van der Waals surface area contributed by atoms with E-state index in [0.717, 1.165) is 43.6 Å². The summed E-state index contributed by atoms with van der Waals surface area (Å²) in [7, 11) is 3.80. The molecule has 0 aliphatic carbocycles. The van der Waals surface area contributed by atoms with Crippen molar-refractivity contribution in [3.63, 3.8) is 0 Å². The monoisotopic (exact) mass is 464 g/mol. The van der Waals surface area contributed by atoms with Gasteiger partial charge < -0.3 is 19.1 Å². The van der Waals surface area contributed by atoms with Crippen molar-refractivity contribution in [2.75, 3.05) is 47.1 Å². The number of hydrogen-bond acceptors (Lipinski definition) is 7. The number of fused-ring (bicyclic) bond motifs is 1. The van der Waals surface area contributed by atoms with Gasteiger partial charge in [-0.3, -0.25) is 13.0 Å². The molecule has 0 atom stereocenters. The molecule has 1 saturated heterocycles. The first-order valence-corrected chi connectivity index (χ1v) is 12.0. The zero-order chi connectivity index (χ0) is 23.1. The number of methoxy groups -OCH3 is 1. The topological polar surface area (TPSA) is 62.2 Å². The molecule has 3 rings (SSSR count). The van der Waals surface area contributed by atoms with Crippen molar-refractivity contribution in [1.82, 2.24) is 8.87 Å². The van der Waals surface area contributed by atoms with Gasteiger partial charge in [-0.15, -0.1) is 0 Å². The quantitative estimate of drug-likeness (QED) is 0.362. The van der Waals surface area contributed by atoms with Crippen molar-refractivity contribution in [3.05, 3.63) is 30.0 Å². The predicted molar refractivity (Wildman–Crippen MR) is 128 cm³/mol. The minimum atomic E-state index is -0.737. The summed E-state index contributed by atoms with van der Waals surface area (Å²) in [6, 6.07) is 6.10. The number of hydrogen-bond donors (Lipinski definition) is 0. The Labute approximate surface area is 195 Å². The van der Waals surface area contributed by atoms with Crippen molar-refractivity contribution in [2.45, 2.75) is 46.1 Å². The van der Waals surface area contributed by atoms with Crippen LogP contribution in [0.2, 0.25) is 0 Å². The maximum Gasteiger partial charge on any atom is 0.314 e. The van der Waals surface area contributed by atoms with Gasteiger partial charge in [-0.25, -0.2) is 0 Å². The van der Waals surface area contributed by atoms with Gasteiger partial charge in [-0.1, -0.05) is 6.92 Å². The van der Waals surface area contributed by atoms with Crippen molar-refractivity contribution in [2.24, 2.45) is 5.41 Å². The summed E-state index contributed by atoms with van der Waals surface area (Å²) < 4.78 is 24.4. The molecule has 0 saturated carbocycles. The van der Waals surface area contributed by atoms with Crippen molar-refractivity contribution in [3.8, 4) is 5.75 Å². The summed E-state index contributed by atoms with van der Waals surface area (Å²) in [5.74, 6) is 0.572. The van der Waals surface area contributed by atoms with Crippen molar-refractivity contribution < 1.29 is 23.2 Å². The number of rotatable bonds is 11. The lowest BCUT2D eigenvalue weighted by atomic mass is 9.95. The summed E-state index contributed by atoms with van der Waals surface area (Å²) in [6.07, 6.45) is 4.51. The van der Waals surface area contributed by atoms with E-state index in [1.807, 2.05) is 30.0 Å². The number of carbonyl (C=O) groups is 1. The zero-order valence-corrected chi connectivity index (χ0v) is 20.7. The summed E-state index contributed by atoms with van der Waals surface area (Å²) in [6.45, 7) is 9.41. The molecule has 0 bridgehead atoms. The molecule has 1 aliphatic rings. The molecule has 2 aromatic rings. The Balaban J connectivity index is 1.65. The first kappa shape index (κ1) is 24.9. The summed E-state index contributed by atoms with van der Waals surface area (Å²) in [4.78, 5) is 15.0. The van der Waals surface area contributed by atoms with Crippen LogP contribution in [0.25, 0.3) is 10.9 Å². The Morgan fingerprint density at radius 3 is 2.75 bits per heavy atom. The fourth-order valence-electron chi connectivity index (χ4n) is 3.50. The molecular weight excluding hydrogens is 428 g/mol. The largest absolute Gasteiger partial charge is 0.497 e. The van der Waals surface area contributed by atoms with E-state index in [-0.39, 0.29) is 18.7 Å². The number of nitrogens with zero attached hydrogens (tertiary/aromatic N) is 2. The van der Waals surface area contributed by atoms with Crippen molar-refractivity contribution >= 4 is 29.1 Å². The average Bonchev–Trinajstić information content (AvgIpc) is 3.14. The lowest BCUT2D eigenvalue weighted by Crippen LogP contribution is -2.36. The third-order valence-corrected chi connectivity index (χ3v) is 6.60.